The summed E-state index contributed by atoms with van der Waals surface area (Å²) in [4.78, 5) is 32.0. The Balaban J connectivity index is 5.57. The second-order valence-electron chi connectivity index (χ2n) is 2.13. The average molecular weight is 296 g/mol. The predicted octanol–water partition coefficient (Wildman–Crippen LogP) is 1.59. The Morgan fingerprint density at radius 3 is 1.53 bits per heavy atom. The maximum absolute atomic E-state index is 11.2. The maximum atomic E-state index is 11.2. The number of aliphatic carboxylic acids is 2. The SMILES string of the molecule is O=C(O)C(Cl)=C(C(=O)O)C(=O)C(Cl)(Cl)Cl. The third-order valence-electron chi connectivity index (χ3n) is 1.11. The summed E-state index contributed by atoms with van der Waals surface area (Å²) in [6.45, 7) is 0. The highest BCUT2D eigenvalue weighted by Gasteiger charge is 2.39. The summed E-state index contributed by atoms with van der Waals surface area (Å²) in [7, 11) is 0. The molecule has 0 bridgehead atoms. The van der Waals surface area contributed by atoms with Gasteiger partial charge in [0.25, 0.3) is 3.79 Å². The molecule has 0 aromatic heterocycles. The van der Waals surface area contributed by atoms with Gasteiger partial charge in [0.2, 0.25) is 5.78 Å². The molecule has 15 heavy (non-hydrogen) atoms. The summed E-state index contributed by atoms with van der Waals surface area (Å²) < 4.78 is -2.58. The molecule has 0 aliphatic heterocycles. The van der Waals surface area contributed by atoms with Crippen LogP contribution in [-0.2, 0) is 14.4 Å². The van der Waals surface area contributed by atoms with Crippen molar-refractivity contribution in [3.63, 3.8) is 0 Å². The van der Waals surface area contributed by atoms with Crippen molar-refractivity contribution in [2.75, 3.05) is 0 Å². The van der Waals surface area contributed by atoms with Crippen molar-refractivity contribution in [3.8, 4) is 0 Å². The minimum absolute atomic E-state index is 1.22. The smallest absolute Gasteiger partial charge is 0.348 e. The third-order valence-corrected chi connectivity index (χ3v) is 1.97. The molecule has 0 saturated carbocycles. The highest BCUT2D eigenvalue weighted by molar-refractivity contribution is 6.78. The van der Waals surface area contributed by atoms with Crippen LogP contribution in [-0.4, -0.2) is 31.7 Å². The number of hydrogen-bond acceptors (Lipinski definition) is 3. The molecule has 84 valence electrons. The van der Waals surface area contributed by atoms with E-state index < -0.39 is 32.1 Å². The van der Waals surface area contributed by atoms with Gasteiger partial charge in [-0.05, 0) is 0 Å². The van der Waals surface area contributed by atoms with Gasteiger partial charge in [0.15, 0.2) is 0 Å². The highest BCUT2D eigenvalue weighted by Crippen LogP contribution is 2.31. The van der Waals surface area contributed by atoms with Crippen LogP contribution >= 0.6 is 46.4 Å². The molecule has 5 nitrogen and oxygen atoms in total. The van der Waals surface area contributed by atoms with Gasteiger partial charge in [-0.1, -0.05) is 46.4 Å². The first kappa shape index (κ1) is 14.5. The van der Waals surface area contributed by atoms with Crippen LogP contribution in [0, 0.1) is 0 Å². The highest BCUT2D eigenvalue weighted by atomic mass is 35.6. The molecule has 0 rings (SSSR count). The Morgan fingerprint density at radius 2 is 1.33 bits per heavy atom. The maximum Gasteiger partial charge on any atom is 0.348 e. The second-order valence-corrected chi connectivity index (χ2v) is 4.79. The van der Waals surface area contributed by atoms with E-state index in [-0.39, 0.29) is 0 Å². The molecule has 0 spiro atoms. The molecule has 0 aromatic carbocycles. The fourth-order valence-corrected chi connectivity index (χ4v) is 0.989. The van der Waals surface area contributed by atoms with Crippen LogP contribution in [0.1, 0.15) is 0 Å². The first-order valence-corrected chi connectivity index (χ1v) is 4.58. The Labute approximate surface area is 103 Å². The fraction of sp³-hybridized carbons (Fsp3) is 0.167. The van der Waals surface area contributed by atoms with Gasteiger partial charge in [-0.2, -0.15) is 0 Å². The first-order valence-electron chi connectivity index (χ1n) is 3.07. The van der Waals surface area contributed by atoms with E-state index in [0.29, 0.717) is 0 Å². The normalized spacial score (nSPS) is 13.1. The van der Waals surface area contributed by atoms with E-state index in [1.165, 1.54) is 0 Å². The van der Waals surface area contributed by atoms with E-state index in [1.54, 1.807) is 0 Å². The van der Waals surface area contributed by atoms with Crippen LogP contribution in [0.25, 0.3) is 0 Å². The van der Waals surface area contributed by atoms with Gasteiger partial charge in [0.1, 0.15) is 10.6 Å². The van der Waals surface area contributed by atoms with Gasteiger partial charge < -0.3 is 10.2 Å². The molecule has 0 saturated heterocycles. The Morgan fingerprint density at radius 1 is 0.933 bits per heavy atom. The lowest BCUT2D eigenvalue weighted by Gasteiger charge is -2.09. The number of ketones is 1. The summed E-state index contributed by atoms with van der Waals surface area (Å²) in [5.41, 5.74) is -1.29. The molecule has 0 unspecified atom stereocenters. The first-order chi connectivity index (χ1) is 6.59. The van der Waals surface area contributed by atoms with Gasteiger partial charge in [-0.25, -0.2) is 9.59 Å². The predicted molar refractivity (Wildman–Crippen MR) is 53.4 cm³/mol. The van der Waals surface area contributed by atoms with Crippen molar-refractivity contribution in [1.29, 1.82) is 0 Å². The molecule has 0 aliphatic carbocycles. The zero-order valence-electron chi connectivity index (χ0n) is 6.63. The van der Waals surface area contributed by atoms with Gasteiger partial charge in [-0.15, -0.1) is 0 Å². The third kappa shape index (κ3) is 3.87. The Bertz CT molecular complexity index is 353. The molecule has 9 heteroatoms. The van der Waals surface area contributed by atoms with Gasteiger partial charge in [0.05, 0.1) is 0 Å². The molecule has 0 amide bonds. The number of carboxylic acids is 2. The molecular weight excluding hydrogens is 294 g/mol. The summed E-state index contributed by atoms with van der Waals surface area (Å²) >= 11 is 20.4. The number of rotatable bonds is 3. The van der Waals surface area contributed by atoms with Crippen LogP contribution in [0.4, 0.5) is 0 Å². The largest absolute Gasteiger partial charge is 0.478 e. The van der Waals surface area contributed by atoms with E-state index in [2.05, 4.69) is 0 Å². The van der Waals surface area contributed by atoms with Gasteiger partial charge in [-0.3, -0.25) is 4.79 Å². The topological polar surface area (TPSA) is 91.7 Å². The van der Waals surface area contributed by atoms with E-state index in [9.17, 15) is 14.4 Å². The molecule has 0 aromatic rings. The zero-order chi connectivity index (χ0) is 12.4. The van der Waals surface area contributed by atoms with Crippen molar-refractivity contribution in [1.82, 2.24) is 0 Å². The minimum atomic E-state index is -2.58. The molecule has 0 aliphatic rings. The van der Waals surface area contributed by atoms with E-state index in [0.717, 1.165) is 0 Å². The summed E-state index contributed by atoms with van der Waals surface area (Å²) in [6, 6.07) is 0. The molecular formula is C6H2Cl4O5. The molecule has 2 N–H and O–H groups in total. The van der Waals surface area contributed by atoms with Crippen LogP contribution in [0.15, 0.2) is 10.6 Å². The quantitative estimate of drug-likeness (QED) is 0.357. The Hall–Kier alpha value is -0.490. The van der Waals surface area contributed by atoms with Crippen LogP contribution in [0.5, 0.6) is 0 Å². The molecule has 0 fully saturated rings. The fourth-order valence-electron chi connectivity index (χ4n) is 0.539. The van der Waals surface area contributed by atoms with Crippen molar-refractivity contribution >= 4 is 64.1 Å². The second kappa shape index (κ2) is 5.03. The minimum Gasteiger partial charge on any atom is -0.478 e. The summed E-state index contributed by atoms with van der Waals surface area (Å²) in [6.07, 6.45) is 0. The van der Waals surface area contributed by atoms with Gasteiger partial charge >= 0.3 is 11.9 Å². The summed E-state index contributed by atoms with van der Waals surface area (Å²) in [5, 5.41) is 15.7. The van der Waals surface area contributed by atoms with Gasteiger partial charge in [0, 0.05) is 0 Å². The van der Waals surface area contributed by atoms with Crippen LogP contribution in [0.3, 0.4) is 0 Å². The number of carbonyl (C=O) groups excluding carboxylic acids is 1. The zero-order valence-corrected chi connectivity index (χ0v) is 9.65. The Kier molecular flexibility index (Phi) is 4.86. The lowest BCUT2D eigenvalue weighted by atomic mass is 10.1. The van der Waals surface area contributed by atoms with Crippen molar-refractivity contribution < 1.29 is 24.6 Å². The van der Waals surface area contributed by atoms with Crippen LogP contribution in [0.2, 0.25) is 0 Å². The van der Waals surface area contributed by atoms with Crippen molar-refractivity contribution in [3.05, 3.63) is 10.6 Å². The monoisotopic (exact) mass is 294 g/mol. The average Bonchev–Trinajstić information content (AvgIpc) is 2.01. The van der Waals surface area contributed by atoms with Crippen LogP contribution < -0.4 is 0 Å². The molecule has 0 radical (unpaired) electrons. The number of Topliss-reactive ketones (excluding diaryl/α,β-unsaturated/α-hetero) is 1. The number of carboxylic acid groups (broad SMARTS) is 2. The van der Waals surface area contributed by atoms with E-state index >= 15 is 0 Å². The summed E-state index contributed by atoms with van der Waals surface area (Å²) in [5.74, 6) is -5.22. The molecule has 0 atom stereocenters. The van der Waals surface area contributed by atoms with Crippen molar-refractivity contribution in [2.45, 2.75) is 3.79 Å². The van der Waals surface area contributed by atoms with E-state index in [1.807, 2.05) is 0 Å². The number of carbonyl (C=O) groups is 3. The number of hydrogen-bond donors (Lipinski definition) is 2. The lowest BCUT2D eigenvalue weighted by molar-refractivity contribution is -0.137. The molecule has 0 heterocycles. The number of halogens is 4. The van der Waals surface area contributed by atoms with E-state index in [4.69, 9.17) is 56.6 Å². The van der Waals surface area contributed by atoms with Crippen molar-refractivity contribution in [2.24, 2.45) is 0 Å². The standard InChI is InChI=1S/C6H2Cl4O5/c7-2(5(14)15)1(4(12)13)3(11)6(8,9)10/h(H,12,13)(H,14,15). The number of alkyl halides is 3. The lowest BCUT2D eigenvalue weighted by Crippen LogP contribution is -2.27.